The number of benzene rings is 1. The number of rotatable bonds is 8. The Labute approximate surface area is 119 Å². The molecule has 1 N–H and O–H groups in total. The van der Waals surface area contributed by atoms with Gasteiger partial charge in [-0.1, -0.05) is 25.1 Å². The van der Waals surface area contributed by atoms with Gasteiger partial charge in [0, 0.05) is 12.5 Å². The van der Waals surface area contributed by atoms with E-state index in [1.54, 1.807) is 6.07 Å². The van der Waals surface area contributed by atoms with Gasteiger partial charge in [0.2, 0.25) is 0 Å². The zero-order valence-electron chi connectivity index (χ0n) is 11.7. The highest BCUT2D eigenvalue weighted by Gasteiger charge is 2.07. The third-order valence-corrected chi connectivity index (χ3v) is 3.11. The predicted octanol–water partition coefficient (Wildman–Crippen LogP) is 3.27. The summed E-state index contributed by atoms with van der Waals surface area (Å²) in [4.78, 5) is 21.6. The van der Waals surface area contributed by atoms with E-state index in [2.05, 4.69) is 6.58 Å². The number of hydrogen-bond donors (Lipinski definition) is 1. The van der Waals surface area contributed by atoms with Crippen LogP contribution < -0.4 is 4.74 Å². The van der Waals surface area contributed by atoms with Gasteiger partial charge < -0.3 is 9.84 Å². The van der Waals surface area contributed by atoms with E-state index >= 15 is 0 Å². The molecule has 0 radical (unpaired) electrons. The molecule has 0 amide bonds. The van der Waals surface area contributed by atoms with E-state index in [1.165, 1.54) is 0 Å². The minimum atomic E-state index is -0.750. The van der Waals surface area contributed by atoms with Crippen molar-refractivity contribution in [1.29, 1.82) is 0 Å². The van der Waals surface area contributed by atoms with Crippen LogP contribution in [-0.2, 0) is 16.0 Å². The Balaban J connectivity index is 2.53. The number of carboxylic acids is 1. The van der Waals surface area contributed by atoms with Crippen LogP contribution in [0.1, 0.15) is 36.8 Å². The van der Waals surface area contributed by atoms with Crippen LogP contribution in [0.15, 0.2) is 30.9 Å². The fourth-order valence-corrected chi connectivity index (χ4v) is 1.96. The summed E-state index contributed by atoms with van der Waals surface area (Å²) in [6.07, 6.45) is 4.70. The van der Waals surface area contributed by atoms with Crippen LogP contribution in [0.2, 0.25) is 0 Å². The molecule has 20 heavy (non-hydrogen) atoms. The summed E-state index contributed by atoms with van der Waals surface area (Å²) in [7, 11) is 0. The summed E-state index contributed by atoms with van der Waals surface area (Å²) >= 11 is 0. The smallest absolute Gasteiger partial charge is 0.335 e. The minimum Gasteiger partial charge on any atom is -0.481 e. The average Bonchev–Trinajstić information content (AvgIpc) is 2.41. The second-order valence-electron chi connectivity index (χ2n) is 4.62. The highest BCUT2D eigenvalue weighted by atomic mass is 16.5. The first-order valence-electron chi connectivity index (χ1n) is 6.69. The lowest BCUT2D eigenvalue weighted by Gasteiger charge is -2.10. The zero-order valence-corrected chi connectivity index (χ0v) is 11.7. The lowest BCUT2D eigenvalue weighted by Crippen LogP contribution is -2.05. The SMILES string of the molecule is C=CC(=O)Oc1cccc(CCCCCC(=O)O)c1C. The molecule has 0 heterocycles. The fraction of sp³-hybridized carbons (Fsp3) is 0.375. The molecule has 0 bridgehead atoms. The van der Waals surface area contributed by atoms with Crippen molar-refractivity contribution in [3.8, 4) is 5.75 Å². The van der Waals surface area contributed by atoms with Gasteiger partial charge in [0.15, 0.2) is 0 Å². The fourth-order valence-electron chi connectivity index (χ4n) is 1.96. The normalized spacial score (nSPS) is 10.1. The van der Waals surface area contributed by atoms with Gasteiger partial charge in [-0.05, 0) is 43.4 Å². The maximum atomic E-state index is 11.2. The third-order valence-electron chi connectivity index (χ3n) is 3.11. The maximum Gasteiger partial charge on any atom is 0.335 e. The lowest BCUT2D eigenvalue weighted by atomic mass is 10.0. The monoisotopic (exact) mass is 276 g/mol. The summed E-state index contributed by atoms with van der Waals surface area (Å²) in [5.74, 6) is -0.663. The molecule has 0 aliphatic rings. The standard InChI is InChI=1S/C16H20O4/c1-3-16(19)20-14-10-7-9-13(12(14)2)8-5-4-6-11-15(17)18/h3,7,9-10H,1,4-6,8,11H2,2H3,(H,17,18). The van der Waals surface area contributed by atoms with Gasteiger partial charge in [0.05, 0.1) is 0 Å². The summed E-state index contributed by atoms with van der Waals surface area (Å²) in [6, 6.07) is 5.60. The molecule has 0 fully saturated rings. The van der Waals surface area contributed by atoms with E-state index < -0.39 is 11.9 Å². The van der Waals surface area contributed by atoms with Crippen molar-refractivity contribution < 1.29 is 19.4 Å². The van der Waals surface area contributed by atoms with Gasteiger partial charge in [0.1, 0.15) is 5.75 Å². The van der Waals surface area contributed by atoms with Gasteiger partial charge in [-0.15, -0.1) is 0 Å². The van der Waals surface area contributed by atoms with Crippen molar-refractivity contribution in [2.75, 3.05) is 0 Å². The molecule has 0 spiro atoms. The summed E-state index contributed by atoms with van der Waals surface area (Å²) in [6.45, 7) is 5.29. The van der Waals surface area contributed by atoms with Crippen LogP contribution >= 0.6 is 0 Å². The maximum absolute atomic E-state index is 11.2. The Morgan fingerprint density at radius 2 is 2.05 bits per heavy atom. The Kier molecular flexibility index (Phi) is 6.50. The molecule has 108 valence electrons. The molecular weight excluding hydrogens is 256 g/mol. The molecule has 0 aliphatic carbocycles. The number of unbranched alkanes of at least 4 members (excludes halogenated alkanes) is 2. The zero-order chi connectivity index (χ0) is 15.0. The molecule has 1 aromatic carbocycles. The summed E-state index contributed by atoms with van der Waals surface area (Å²) in [5, 5.41) is 8.56. The van der Waals surface area contributed by atoms with E-state index in [1.807, 2.05) is 19.1 Å². The molecule has 4 nitrogen and oxygen atoms in total. The molecule has 0 saturated carbocycles. The van der Waals surface area contributed by atoms with E-state index in [0.29, 0.717) is 12.2 Å². The number of aryl methyl sites for hydroxylation is 1. The quantitative estimate of drug-likeness (QED) is 0.342. The van der Waals surface area contributed by atoms with Crippen LogP contribution in [0.25, 0.3) is 0 Å². The Morgan fingerprint density at radius 3 is 2.70 bits per heavy atom. The highest BCUT2D eigenvalue weighted by Crippen LogP contribution is 2.23. The molecule has 0 saturated heterocycles. The molecule has 0 atom stereocenters. The number of ether oxygens (including phenoxy) is 1. The van der Waals surface area contributed by atoms with Gasteiger partial charge in [-0.3, -0.25) is 4.79 Å². The Bertz CT molecular complexity index is 491. The molecule has 0 unspecified atom stereocenters. The van der Waals surface area contributed by atoms with Crippen molar-refractivity contribution in [3.05, 3.63) is 42.0 Å². The minimum absolute atomic E-state index is 0.218. The van der Waals surface area contributed by atoms with Crippen molar-refractivity contribution >= 4 is 11.9 Å². The van der Waals surface area contributed by atoms with Crippen LogP contribution in [0.5, 0.6) is 5.75 Å². The number of carbonyl (C=O) groups excluding carboxylic acids is 1. The van der Waals surface area contributed by atoms with Crippen molar-refractivity contribution in [1.82, 2.24) is 0 Å². The van der Waals surface area contributed by atoms with E-state index in [4.69, 9.17) is 9.84 Å². The first-order chi connectivity index (χ1) is 9.54. The second-order valence-corrected chi connectivity index (χ2v) is 4.62. The predicted molar refractivity (Wildman–Crippen MR) is 76.8 cm³/mol. The van der Waals surface area contributed by atoms with Gasteiger partial charge >= 0.3 is 11.9 Å². The van der Waals surface area contributed by atoms with Crippen LogP contribution in [0.4, 0.5) is 0 Å². The lowest BCUT2D eigenvalue weighted by molar-refractivity contribution is -0.137. The van der Waals surface area contributed by atoms with E-state index in [9.17, 15) is 9.59 Å². The molecule has 4 heteroatoms. The van der Waals surface area contributed by atoms with Crippen LogP contribution in [-0.4, -0.2) is 17.0 Å². The number of carboxylic acid groups (broad SMARTS) is 1. The summed E-state index contributed by atoms with van der Waals surface area (Å²) in [5.41, 5.74) is 2.07. The largest absolute Gasteiger partial charge is 0.481 e. The third kappa shape index (κ3) is 5.26. The van der Waals surface area contributed by atoms with Crippen molar-refractivity contribution in [2.45, 2.75) is 39.0 Å². The topological polar surface area (TPSA) is 63.6 Å². The number of aliphatic carboxylic acids is 1. The molecule has 1 aromatic rings. The van der Waals surface area contributed by atoms with Crippen molar-refractivity contribution in [3.63, 3.8) is 0 Å². The van der Waals surface area contributed by atoms with E-state index in [0.717, 1.165) is 36.5 Å². The Hall–Kier alpha value is -2.10. The van der Waals surface area contributed by atoms with E-state index in [-0.39, 0.29) is 6.42 Å². The molecular formula is C16H20O4. The first-order valence-corrected chi connectivity index (χ1v) is 6.69. The number of esters is 1. The second kappa shape index (κ2) is 8.15. The van der Waals surface area contributed by atoms with Crippen molar-refractivity contribution in [2.24, 2.45) is 0 Å². The van der Waals surface area contributed by atoms with Crippen LogP contribution in [0, 0.1) is 6.92 Å². The Morgan fingerprint density at radius 1 is 1.30 bits per heavy atom. The summed E-state index contributed by atoms with van der Waals surface area (Å²) < 4.78 is 5.16. The van der Waals surface area contributed by atoms with Gasteiger partial charge in [0.25, 0.3) is 0 Å². The number of hydrogen-bond acceptors (Lipinski definition) is 3. The number of carbonyl (C=O) groups is 2. The molecule has 1 rings (SSSR count). The highest BCUT2D eigenvalue weighted by molar-refractivity contribution is 5.83. The molecule has 0 aliphatic heterocycles. The van der Waals surface area contributed by atoms with Gasteiger partial charge in [-0.25, -0.2) is 4.79 Å². The first kappa shape index (κ1) is 16.0. The average molecular weight is 276 g/mol. The van der Waals surface area contributed by atoms with Gasteiger partial charge in [-0.2, -0.15) is 0 Å². The molecule has 0 aromatic heterocycles. The van der Waals surface area contributed by atoms with Crippen LogP contribution in [0.3, 0.4) is 0 Å².